The maximum atomic E-state index is 13.7. The molecule has 0 spiro atoms. The number of alkyl halides is 1. The summed E-state index contributed by atoms with van der Waals surface area (Å²) >= 11 is 0. The van der Waals surface area contributed by atoms with Crippen LogP contribution in [0.3, 0.4) is 0 Å². The Morgan fingerprint density at radius 3 is 2.68 bits per heavy atom. The van der Waals surface area contributed by atoms with Crippen LogP contribution in [0.15, 0.2) is 17.0 Å². The third kappa shape index (κ3) is 2.27. The summed E-state index contributed by atoms with van der Waals surface area (Å²) in [6.07, 6.45) is -1.28. The number of sulfone groups is 1. The molecule has 2 atom stereocenters. The van der Waals surface area contributed by atoms with Crippen molar-refractivity contribution in [3.05, 3.63) is 23.5 Å². The summed E-state index contributed by atoms with van der Waals surface area (Å²) in [6.45, 7) is 1.40. The lowest BCUT2D eigenvalue weighted by Gasteiger charge is -2.12. The van der Waals surface area contributed by atoms with Gasteiger partial charge in [0.1, 0.15) is 4.90 Å². The molecule has 1 aromatic carbocycles. The summed E-state index contributed by atoms with van der Waals surface area (Å²) in [7, 11) is -4.46. The number of ether oxygens (including phenoxy) is 1. The van der Waals surface area contributed by atoms with Crippen LogP contribution in [0.25, 0.3) is 0 Å². The SMILES string of the molecule is CC1CC(F)S(=O)(=O)c2cc(C(=O)O)cc(F)c2O1. The molecule has 0 saturated carbocycles. The molecule has 1 N–H and O–H groups in total. The van der Waals surface area contributed by atoms with Crippen molar-refractivity contribution in [2.24, 2.45) is 0 Å². The Bertz CT molecular complexity index is 641. The maximum Gasteiger partial charge on any atom is 0.335 e. The molecule has 0 radical (unpaired) electrons. The number of carboxylic acids is 1. The molecule has 0 aromatic heterocycles. The molecule has 5 nitrogen and oxygen atoms in total. The highest BCUT2D eigenvalue weighted by Gasteiger charge is 2.38. The molecule has 1 heterocycles. The lowest BCUT2D eigenvalue weighted by Crippen LogP contribution is -2.20. The molecule has 0 fully saturated rings. The molecule has 0 saturated heterocycles. The van der Waals surface area contributed by atoms with Crippen molar-refractivity contribution in [1.29, 1.82) is 0 Å². The number of hydrogen-bond donors (Lipinski definition) is 1. The molecule has 19 heavy (non-hydrogen) atoms. The average molecular weight is 292 g/mol. The van der Waals surface area contributed by atoms with Gasteiger partial charge in [-0.3, -0.25) is 0 Å². The fourth-order valence-corrected chi connectivity index (χ4v) is 3.29. The van der Waals surface area contributed by atoms with Gasteiger partial charge in [-0.1, -0.05) is 0 Å². The van der Waals surface area contributed by atoms with Gasteiger partial charge in [-0.25, -0.2) is 22.0 Å². The Morgan fingerprint density at radius 2 is 2.11 bits per heavy atom. The van der Waals surface area contributed by atoms with Gasteiger partial charge in [-0.05, 0) is 19.1 Å². The zero-order chi connectivity index (χ0) is 14.4. The van der Waals surface area contributed by atoms with Gasteiger partial charge in [0.25, 0.3) is 0 Å². The Hall–Kier alpha value is -1.70. The number of carbonyl (C=O) groups is 1. The molecule has 2 unspecified atom stereocenters. The van der Waals surface area contributed by atoms with E-state index in [2.05, 4.69) is 0 Å². The monoisotopic (exact) mass is 292 g/mol. The van der Waals surface area contributed by atoms with Crippen LogP contribution in [-0.4, -0.2) is 31.1 Å². The van der Waals surface area contributed by atoms with Crippen molar-refractivity contribution in [3.63, 3.8) is 0 Å². The lowest BCUT2D eigenvalue weighted by molar-refractivity contribution is 0.0696. The zero-order valence-corrected chi connectivity index (χ0v) is 10.6. The quantitative estimate of drug-likeness (QED) is 0.853. The van der Waals surface area contributed by atoms with Crippen LogP contribution in [-0.2, 0) is 9.84 Å². The summed E-state index contributed by atoms with van der Waals surface area (Å²) in [5, 5.41) is 8.77. The van der Waals surface area contributed by atoms with E-state index in [0.29, 0.717) is 12.1 Å². The van der Waals surface area contributed by atoms with Gasteiger partial charge in [-0.2, -0.15) is 0 Å². The average Bonchev–Trinajstić information content (AvgIpc) is 2.37. The number of fused-ring (bicyclic) bond motifs is 1. The summed E-state index contributed by atoms with van der Waals surface area (Å²) in [5.74, 6) is -3.28. The van der Waals surface area contributed by atoms with Gasteiger partial charge < -0.3 is 9.84 Å². The number of benzene rings is 1. The Balaban J connectivity index is 2.76. The van der Waals surface area contributed by atoms with Crippen LogP contribution < -0.4 is 4.74 Å². The Kier molecular flexibility index (Phi) is 3.21. The maximum absolute atomic E-state index is 13.7. The second-order valence-corrected chi connectivity index (χ2v) is 6.25. The predicted octanol–water partition coefficient (Wildman–Crippen LogP) is 1.76. The van der Waals surface area contributed by atoms with E-state index in [1.54, 1.807) is 0 Å². The first-order chi connectivity index (χ1) is 8.73. The molecular formula is C11H10F2O5S. The standard InChI is InChI=1S/C11H10F2O5S/c1-5-2-9(13)19(16,17)8-4-6(11(14)15)3-7(12)10(8)18-5/h3-5,9H,2H2,1H3,(H,14,15). The summed E-state index contributed by atoms with van der Waals surface area (Å²) in [5.41, 5.74) is -2.84. The first-order valence-electron chi connectivity index (χ1n) is 5.35. The molecule has 2 rings (SSSR count). The van der Waals surface area contributed by atoms with E-state index in [0.717, 1.165) is 0 Å². The Morgan fingerprint density at radius 1 is 1.47 bits per heavy atom. The van der Waals surface area contributed by atoms with Gasteiger partial charge in [0.05, 0.1) is 11.7 Å². The van der Waals surface area contributed by atoms with E-state index in [-0.39, 0.29) is 0 Å². The molecule has 0 aliphatic carbocycles. The van der Waals surface area contributed by atoms with E-state index in [1.165, 1.54) is 6.92 Å². The minimum Gasteiger partial charge on any atom is -0.486 e. The minimum atomic E-state index is -4.46. The molecule has 0 bridgehead atoms. The summed E-state index contributed by atoms with van der Waals surface area (Å²) < 4.78 is 56.2. The number of halogens is 2. The molecule has 8 heteroatoms. The van der Waals surface area contributed by atoms with Crippen LogP contribution >= 0.6 is 0 Å². The van der Waals surface area contributed by atoms with Crippen LogP contribution in [0.2, 0.25) is 0 Å². The minimum absolute atomic E-state index is 0.446. The first kappa shape index (κ1) is 13.7. The van der Waals surface area contributed by atoms with Crippen LogP contribution in [0.1, 0.15) is 23.7 Å². The smallest absolute Gasteiger partial charge is 0.335 e. The van der Waals surface area contributed by atoms with Crippen molar-refractivity contribution in [2.45, 2.75) is 29.8 Å². The zero-order valence-electron chi connectivity index (χ0n) is 9.76. The second-order valence-electron chi connectivity index (χ2n) is 4.21. The largest absolute Gasteiger partial charge is 0.486 e. The molecular weight excluding hydrogens is 282 g/mol. The number of carboxylic acid groups (broad SMARTS) is 1. The van der Waals surface area contributed by atoms with Crippen LogP contribution in [0.5, 0.6) is 5.75 Å². The third-order valence-corrected chi connectivity index (χ3v) is 4.52. The highest BCUT2D eigenvalue weighted by molar-refractivity contribution is 7.92. The van der Waals surface area contributed by atoms with Crippen molar-refractivity contribution >= 4 is 15.8 Å². The number of aromatic carboxylic acids is 1. The predicted molar refractivity (Wildman–Crippen MR) is 60.1 cm³/mol. The fourth-order valence-electron chi connectivity index (χ4n) is 1.79. The lowest BCUT2D eigenvalue weighted by atomic mass is 10.2. The van der Waals surface area contributed by atoms with Gasteiger partial charge in [0.15, 0.2) is 11.6 Å². The van der Waals surface area contributed by atoms with E-state index >= 15 is 0 Å². The van der Waals surface area contributed by atoms with Gasteiger partial charge in [0, 0.05) is 6.42 Å². The Labute approximate surface area is 107 Å². The molecule has 1 aliphatic rings. The summed E-state index contributed by atoms with van der Waals surface area (Å²) in [6, 6.07) is 1.35. The van der Waals surface area contributed by atoms with Gasteiger partial charge in [-0.15, -0.1) is 0 Å². The molecule has 1 aromatic rings. The van der Waals surface area contributed by atoms with E-state index in [1.807, 2.05) is 0 Å². The summed E-state index contributed by atoms with van der Waals surface area (Å²) in [4.78, 5) is 10.0. The topological polar surface area (TPSA) is 80.7 Å². The third-order valence-electron chi connectivity index (χ3n) is 2.74. The van der Waals surface area contributed by atoms with E-state index in [4.69, 9.17) is 9.84 Å². The highest BCUT2D eigenvalue weighted by atomic mass is 32.2. The molecule has 104 valence electrons. The fraction of sp³-hybridized carbons (Fsp3) is 0.364. The second kappa shape index (κ2) is 4.44. The van der Waals surface area contributed by atoms with Crippen molar-refractivity contribution in [2.75, 3.05) is 0 Å². The van der Waals surface area contributed by atoms with Gasteiger partial charge in [0.2, 0.25) is 15.3 Å². The molecule has 1 aliphatic heterocycles. The molecule has 0 amide bonds. The number of hydrogen-bond acceptors (Lipinski definition) is 4. The van der Waals surface area contributed by atoms with Crippen LogP contribution in [0, 0.1) is 5.82 Å². The number of rotatable bonds is 1. The van der Waals surface area contributed by atoms with E-state index in [9.17, 15) is 22.0 Å². The highest BCUT2D eigenvalue weighted by Crippen LogP contribution is 2.36. The van der Waals surface area contributed by atoms with Crippen molar-refractivity contribution in [3.8, 4) is 5.75 Å². The van der Waals surface area contributed by atoms with Crippen molar-refractivity contribution in [1.82, 2.24) is 0 Å². The van der Waals surface area contributed by atoms with E-state index < -0.39 is 55.9 Å². The van der Waals surface area contributed by atoms with Crippen molar-refractivity contribution < 1.29 is 31.8 Å². The van der Waals surface area contributed by atoms with Gasteiger partial charge >= 0.3 is 5.97 Å². The normalized spacial score (nSPS) is 25.0. The first-order valence-corrected chi connectivity index (χ1v) is 6.89. The van der Waals surface area contributed by atoms with Crippen LogP contribution in [0.4, 0.5) is 8.78 Å².